The van der Waals surface area contributed by atoms with Gasteiger partial charge in [-0.2, -0.15) is 5.10 Å². The van der Waals surface area contributed by atoms with Crippen LogP contribution in [0.25, 0.3) is 0 Å². The van der Waals surface area contributed by atoms with Crippen LogP contribution in [0.4, 0.5) is 0 Å². The molecule has 6 nitrogen and oxygen atoms in total. The molecule has 1 aliphatic carbocycles. The van der Waals surface area contributed by atoms with Crippen LogP contribution in [0.5, 0.6) is 0 Å². The Morgan fingerprint density at radius 1 is 1.33 bits per heavy atom. The molecule has 0 aromatic carbocycles. The average molecular weight is 328 g/mol. The molecule has 0 atom stereocenters. The van der Waals surface area contributed by atoms with Crippen molar-refractivity contribution in [3.8, 4) is 0 Å². The van der Waals surface area contributed by atoms with Crippen molar-refractivity contribution in [2.45, 2.75) is 26.7 Å². The minimum absolute atomic E-state index is 0.125. The van der Waals surface area contributed by atoms with Crippen LogP contribution in [0.15, 0.2) is 41.4 Å². The van der Waals surface area contributed by atoms with Gasteiger partial charge in [0.05, 0.1) is 24.5 Å². The smallest absolute Gasteiger partial charge is 0.272 e. The van der Waals surface area contributed by atoms with Crippen molar-refractivity contribution in [1.29, 1.82) is 0 Å². The van der Waals surface area contributed by atoms with Crippen molar-refractivity contribution in [3.63, 3.8) is 0 Å². The van der Waals surface area contributed by atoms with Gasteiger partial charge in [-0.3, -0.25) is 9.78 Å². The van der Waals surface area contributed by atoms with E-state index in [4.69, 9.17) is 4.74 Å². The van der Waals surface area contributed by atoms with E-state index in [1.165, 1.54) is 11.9 Å². The Balaban J connectivity index is 1.74. The summed E-state index contributed by atoms with van der Waals surface area (Å²) in [6, 6.07) is 3.46. The molecule has 2 heterocycles. The van der Waals surface area contributed by atoms with Gasteiger partial charge in [0.25, 0.3) is 5.91 Å². The van der Waals surface area contributed by atoms with Gasteiger partial charge in [0.15, 0.2) is 0 Å². The molecule has 1 aromatic heterocycles. The van der Waals surface area contributed by atoms with Crippen LogP contribution in [-0.4, -0.2) is 47.8 Å². The first-order valence-corrected chi connectivity index (χ1v) is 8.34. The second kappa shape index (κ2) is 7.13. The zero-order valence-electron chi connectivity index (χ0n) is 14.3. The summed E-state index contributed by atoms with van der Waals surface area (Å²) in [4.78, 5) is 18.4. The van der Waals surface area contributed by atoms with E-state index >= 15 is 0 Å². The largest absolute Gasteiger partial charge is 0.378 e. The lowest BCUT2D eigenvalue weighted by atomic mass is 9.78. The molecule has 1 aliphatic heterocycles. The minimum Gasteiger partial charge on any atom is -0.378 e. The Labute approximate surface area is 142 Å². The molecule has 0 bridgehead atoms. The molecule has 0 unspecified atom stereocenters. The molecule has 3 rings (SSSR count). The Kier molecular flexibility index (Phi) is 4.94. The van der Waals surface area contributed by atoms with E-state index in [0.717, 1.165) is 44.9 Å². The molecule has 0 saturated carbocycles. The third-order valence-electron chi connectivity index (χ3n) is 4.29. The number of nitrogens with zero attached hydrogens (tertiary/aromatic N) is 3. The monoisotopic (exact) mass is 328 g/mol. The molecule has 2 aliphatic rings. The maximum Gasteiger partial charge on any atom is 0.272 e. The fourth-order valence-electron chi connectivity index (χ4n) is 3.15. The van der Waals surface area contributed by atoms with Gasteiger partial charge >= 0.3 is 0 Å². The van der Waals surface area contributed by atoms with E-state index in [2.05, 4.69) is 40.3 Å². The molecule has 1 saturated heterocycles. The highest BCUT2D eigenvalue weighted by Crippen LogP contribution is 2.35. The summed E-state index contributed by atoms with van der Waals surface area (Å²) in [5.74, 6) is -0.236. The van der Waals surface area contributed by atoms with Crippen molar-refractivity contribution in [1.82, 2.24) is 15.3 Å². The molecular weight excluding hydrogens is 304 g/mol. The fourth-order valence-corrected chi connectivity index (χ4v) is 3.15. The standard InChI is InChI=1S/C18H24N4O2/c1-18(2)11-15(10-16(12-18)22-6-8-24-9-7-22)20-21-17(23)14-4-3-5-19-13-14/h3-5,10,13H,6-9,11-12H2,1-2H3,(H,21,23)/b20-15-. The highest BCUT2D eigenvalue weighted by molar-refractivity contribution is 5.99. The summed E-state index contributed by atoms with van der Waals surface area (Å²) in [5, 5.41) is 4.36. The molecule has 0 spiro atoms. The van der Waals surface area contributed by atoms with Crippen molar-refractivity contribution in [2.75, 3.05) is 26.3 Å². The Morgan fingerprint density at radius 3 is 2.83 bits per heavy atom. The first kappa shape index (κ1) is 16.6. The number of pyridine rings is 1. The molecular formula is C18H24N4O2. The number of hydrogen-bond donors (Lipinski definition) is 1. The number of aromatic nitrogens is 1. The van der Waals surface area contributed by atoms with Gasteiger partial charge in [-0.1, -0.05) is 13.8 Å². The molecule has 1 N–H and O–H groups in total. The Morgan fingerprint density at radius 2 is 2.12 bits per heavy atom. The molecule has 24 heavy (non-hydrogen) atoms. The number of hydrogen-bond acceptors (Lipinski definition) is 5. The normalized spacial score (nSPS) is 22.2. The second-order valence-corrected chi connectivity index (χ2v) is 7.04. The van der Waals surface area contributed by atoms with Crippen LogP contribution in [0.1, 0.15) is 37.0 Å². The summed E-state index contributed by atoms with van der Waals surface area (Å²) in [5.41, 5.74) is 5.47. The number of morpholine rings is 1. The Hall–Kier alpha value is -2.21. The third-order valence-corrected chi connectivity index (χ3v) is 4.29. The average Bonchev–Trinajstić information content (AvgIpc) is 2.60. The van der Waals surface area contributed by atoms with Crippen LogP contribution in [0.3, 0.4) is 0 Å². The van der Waals surface area contributed by atoms with E-state index in [1.54, 1.807) is 18.3 Å². The lowest BCUT2D eigenvalue weighted by molar-refractivity contribution is 0.0491. The van der Waals surface area contributed by atoms with Gasteiger partial charge in [0.2, 0.25) is 0 Å². The van der Waals surface area contributed by atoms with Crippen LogP contribution < -0.4 is 5.43 Å². The van der Waals surface area contributed by atoms with Gasteiger partial charge in [-0.05, 0) is 36.5 Å². The number of carbonyl (C=O) groups is 1. The predicted octanol–water partition coefficient (Wildman–Crippen LogP) is 2.20. The minimum atomic E-state index is -0.236. The highest BCUT2D eigenvalue weighted by Gasteiger charge is 2.29. The van der Waals surface area contributed by atoms with Crippen LogP contribution >= 0.6 is 0 Å². The van der Waals surface area contributed by atoms with Gasteiger partial charge in [-0.25, -0.2) is 5.43 Å². The van der Waals surface area contributed by atoms with Gasteiger partial charge < -0.3 is 9.64 Å². The van der Waals surface area contributed by atoms with Crippen LogP contribution in [-0.2, 0) is 4.74 Å². The van der Waals surface area contributed by atoms with Gasteiger partial charge in [0, 0.05) is 31.2 Å². The first-order chi connectivity index (χ1) is 11.5. The molecule has 1 amide bonds. The maximum atomic E-state index is 12.1. The summed E-state index contributed by atoms with van der Waals surface area (Å²) in [7, 11) is 0. The number of hydrazone groups is 1. The van der Waals surface area contributed by atoms with Gasteiger partial charge in [0.1, 0.15) is 0 Å². The van der Waals surface area contributed by atoms with Gasteiger partial charge in [-0.15, -0.1) is 0 Å². The van der Waals surface area contributed by atoms with Crippen molar-refractivity contribution in [2.24, 2.45) is 10.5 Å². The molecule has 1 fully saturated rings. The number of nitrogens with one attached hydrogen (secondary N) is 1. The fraction of sp³-hybridized carbons (Fsp3) is 0.500. The first-order valence-electron chi connectivity index (χ1n) is 8.34. The third kappa shape index (κ3) is 4.20. The SMILES string of the molecule is CC1(C)CC(N2CCOCC2)=C/C(=N/NC(=O)c2cccnc2)C1. The van der Waals surface area contributed by atoms with Crippen LogP contribution in [0, 0.1) is 5.41 Å². The number of allylic oxidation sites excluding steroid dienone is 2. The lowest BCUT2D eigenvalue weighted by Gasteiger charge is -2.38. The second-order valence-electron chi connectivity index (χ2n) is 7.04. The van der Waals surface area contributed by atoms with E-state index in [9.17, 15) is 4.79 Å². The molecule has 0 radical (unpaired) electrons. The summed E-state index contributed by atoms with van der Waals surface area (Å²) in [6.45, 7) is 7.83. The van der Waals surface area contributed by atoms with Crippen molar-refractivity contribution in [3.05, 3.63) is 41.9 Å². The number of ether oxygens (including phenoxy) is 1. The number of amides is 1. The summed E-state index contributed by atoms with van der Waals surface area (Å²) in [6.07, 6.45) is 7.15. The van der Waals surface area contributed by atoms with E-state index in [1.807, 2.05) is 0 Å². The van der Waals surface area contributed by atoms with E-state index in [0.29, 0.717) is 5.56 Å². The van der Waals surface area contributed by atoms with E-state index < -0.39 is 0 Å². The van der Waals surface area contributed by atoms with Crippen LogP contribution in [0.2, 0.25) is 0 Å². The number of rotatable bonds is 3. The summed E-state index contributed by atoms with van der Waals surface area (Å²) >= 11 is 0. The predicted molar refractivity (Wildman–Crippen MR) is 92.6 cm³/mol. The van der Waals surface area contributed by atoms with E-state index in [-0.39, 0.29) is 11.3 Å². The zero-order chi connectivity index (χ0) is 17.0. The number of carbonyl (C=O) groups excluding carboxylic acids is 1. The molecule has 6 heteroatoms. The maximum absolute atomic E-state index is 12.1. The Bertz CT molecular complexity index is 646. The van der Waals surface area contributed by atoms with Crippen molar-refractivity contribution < 1.29 is 9.53 Å². The topological polar surface area (TPSA) is 66.8 Å². The highest BCUT2D eigenvalue weighted by atomic mass is 16.5. The zero-order valence-corrected chi connectivity index (χ0v) is 14.3. The summed E-state index contributed by atoms with van der Waals surface area (Å²) < 4.78 is 5.44. The molecule has 1 aromatic rings. The van der Waals surface area contributed by atoms with Crippen molar-refractivity contribution >= 4 is 11.6 Å². The molecule has 128 valence electrons. The quantitative estimate of drug-likeness (QED) is 0.864. The lowest BCUT2D eigenvalue weighted by Crippen LogP contribution is -2.39.